The fraction of sp³-hybridized carbons (Fsp3) is 0.812. The zero-order chi connectivity index (χ0) is 14.5. The molecule has 0 saturated carbocycles. The maximum Gasteiger partial charge on any atom is 0.0596 e. The standard InChI is InChI=1S/C16H31N3/c1-7-19-15(10-14(4)18-19)11-16(5,6)8-9-17-12-13(2)3/h10,13,17H,7-9,11-12H2,1-6H3. The number of aromatic nitrogens is 2. The Kier molecular flexibility index (Phi) is 6.05. The van der Waals surface area contributed by atoms with Gasteiger partial charge in [0, 0.05) is 12.2 Å². The van der Waals surface area contributed by atoms with E-state index in [1.54, 1.807) is 0 Å². The molecule has 1 N–H and O–H groups in total. The lowest BCUT2D eigenvalue weighted by Crippen LogP contribution is -2.27. The van der Waals surface area contributed by atoms with E-state index in [0.29, 0.717) is 5.41 Å². The monoisotopic (exact) mass is 265 g/mol. The van der Waals surface area contributed by atoms with Gasteiger partial charge in [0.1, 0.15) is 0 Å². The number of hydrogen-bond acceptors (Lipinski definition) is 2. The van der Waals surface area contributed by atoms with E-state index in [0.717, 1.165) is 37.7 Å². The molecule has 19 heavy (non-hydrogen) atoms. The van der Waals surface area contributed by atoms with Gasteiger partial charge in [0.05, 0.1) is 5.69 Å². The van der Waals surface area contributed by atoms with Crippen LogP contribution in [0.15, 0.2) is 6.07 Å². The summed E-state index contributed by atoms with van der Waals surface area (Å²) in [6.07, 6.45) is 2.30. The molecule has 0 aliphatic carbocycles. The molecule has 0 atom stereocenters. The maximum absolute atomic E-state index is 4.53. The van der Waals surface area contributed by atoms with Crippen molar-refractivity contribution in [2.24, 2.45) is 11.3 Å². The first-order valence-electron chi connectivity index (χ1n) is 7.58. The highest BCUT2D eigenvalue weighted by Gasteiger charge is 2.20. The van der Waals surface area contributed by atoms with E-state index in [2.05, 4.69) is 62.7 Å². The van der Waals surface area contributed by atoms with Crippen LogP contribution in [0.2, 0.25) is 0 Å². The van der Waals surface area contributed by atoms with Crippen LogP contribution in [0.5, 0.6) is 0 Å². The van der Waals surface area contributed by atoms with Gasteiger partial charge in [-0.05, 0) is 57.2 Å². The van der Waals surface area contributed by atoms with Crippen LogP contribution in [0, 0.1) is 18.3 Å². The van der Waals surface area contributed by atoms with Gasteiger partial charge in [0.25, 0.3) is 0 Å². The Morgan fingerprint density at radius 2 is 2.05 bits per heavy atom. The lowest BCUT2D eigenvalue weighted by atomic mass is 9.84. The molecule has 1 aromatic rings. The zero-order valence-electron chi connectivity index (χ0n) is 13.6. The topological polar surface area (TPSA) is 29.9 Å². The average Bonchev–Trinajstić information content (AvgIpc) is 2.64. The van der Waals surface area contributed by atoms with E-state index < -0.39 is 0 Å². The first-order chi connectivity index (χ1) is 8.84. The Bertz CT molecular complexity index is 377. The molecule has 1 rings (SSSR count). The average molecular weight is 265 g/mol. The quantitative estimate of drug-likeness (QED) is 0.730. The van der Waals surface area contributed by atoms with Gasteiger partial charge in [-0.25, -0.2) is 0 Å². The van der Waals surface area contributed by atoms with Crippen molar-refractivity contribution in [3.63, 3.8) is 0 Å². The fourth-order valence-corrected chi connectivity index (χ4v) is 2.41. The predicted molar refractivity (Wildman–Crippen MR) is 82.4 cm³/mol. The summed E-state index contributed by atoms with van der Waals surface area (Å²) in [7, 11) is 0. The summed E-state index contributed by atoms with van der Waals surface area (Å²) >= 11 is 0. The second kappa shape index (κ2) is 7.09. The molecule has 0 fully saturated rings. The molecule has 0 aliphatic rings. The molecule has 0 unspecified atom stereocenters. The van der Waals surface area contributed by atoms with Gasteiger partial charge >= 0.3 is 0 Å². The summed E-state index contributed by atoms with van der Waals surface area (Å²) in [5, 5.41) is 8.07. The van der Waals surface area contributed by atoms with Gasteiger partial charge in [-0.1, -0.05) is 27.7 Å². The molecule has 3 nitrogen and oxygen atoms in total. The summed E-state index contributed by atoms with van der Waals surface area (Å²) in [6, 6.07) is 2.23. The summed E-state index contributed by atoms with van der Waals surface area (Å²) in [6.45, 7) is 16.6. The second-order valence-electron chi connectivity index (χ2n) is 6.78. The third-order valence-corrected chi connectivity index (χ3v) is 3.48. The number of nitrogens with zero attached hydrogens (tertiary/aromatic N) is 2. The van der Waals surface area contributed by atoms with Gasteiger partial charge in [-0.2, -0.15) is 5.10 Å². The van der Waals surface area contributed by atoms with E-state index in [4.69, 9.17) is 0 Å². The minimum absolute atomic E-state index is 0.323. The third kappa shape index (κ3) is 5.77. The second-order valence-corrected chi connectivity index (χ2v) is 6.78. The highest BCUT2D eigenvalue weighted by Crippen LogP contribution is 2.25. The molecule has 3 heteroatoms. The molecule has 1 heterocycles. The van der Waals surface area contributed by atoms with Crippen LogP contribution in [0.1, 0.15) is 52.4 Å². The summed E-state index contributed by atoms with van der Waals surface area (Å²) in [5.74, 6) is 0.729. The number of nitrogens with one attached hydrogen (secondary N) is 1. The highest BCUT2D eigenvalue weighted by molar-refractivity contribution is 5.10. The largest absolute Gasteiger partial charge is 0.316 e. The molecule has 0 amide bonds. The molecule has 0 bridgehead atoms. The normalized spacial score (nSPS) is 12.4. The molecule has 0 radical (unpaired) electrons. The molecule has 0 aromatic carbocycles. The molecule has 1 aromatic heterocycles. The smallest absolute Gasteiger partial charge is 0.0596 e. The van der Waals surface area contributed by atoms with Gasteiger partial charge in [0.2, 0.25) is 0 Å². The van der Waals surface area contributed by atoms with Crippen molar-refractivity contribution < 1.29 is 0 Å². The maximum atomic E-state index is 4.53. The van der Waals surface area contributed by atoms with Crippen molar-refractivity contribution >= 4 is 0 Å². The van der Waals surface area contributed by atoms with E-state index in [9.17, 15) is 0 Å². The van der Waals surface area contributed by atoms with Crippen molar-refractivity contribution in [1.29, 1.82) is 0 Å². The summed E-state index contributed by atoms with van der Waals surface area (Å²) < 4.78 is 2.14. The molecular formula is C16H31N3. The highest BCUT2D eigenvalue weighted by atomic mass is 15.3. The van der Waals surface area contributed by atoms with E-state index >= 15 is 0 Å². The molecule has 0 spiro atoms. The lowest BCUT2D eigenvalue weighted by Gasteiger charge is -2.25. The summed E-state index contributed by atoms with van der Waals surface area (Å²) in [4.78, 5) is 0. The van der Waals surface area contributed by atoms with Crippen LogP contribution in [0.3, 0.4) is 0 Å². The van der Waals surface area contributed by atoms with Gasteiger partial charge < -0.3 is 5.32 Å². The van der Waals surface area contributed by atoms with Crippen LogP contribution in [-0.2, 0) is 13.0 Å². The van der Waals surface area contributed by atoms with Gasteiger partial charge in [0.15, 0.2) is 0 Å². The van der Waals surface area contributed by atoms with E-state index in [-0.39, 0.29) is 0 Å². The van der Waals surface area contributed by atoms with Crippen molar-refractivity contribution in [3.8, 4) is 0 Å². The minimum Gasteiger partial charge on any atom is -0.316 e. The Labute approximate surface area is 118 Å². The molecule has 0 aliphatic heterocycles. The van der Waals surface area contributed by atoms with Crippen molar-refractivity contribution in [1.82, 2.24) is 15.1 Å². The first kappa shape index (κ1) is 16.2. The Morgan fingerprint density at radius 1 is 1.37 bits per heavy atom. The number of rotatable bonds is 8. The Hall–Kier alpha value is -0.830. The number of hydrogen-bond donors (Lipinski definition) is 1. The van der Waals surface area contributed by atoms with Gasteiger partial charge in [-0.3, -0.25) is 4.68 Å². The Balaban J connectivity index is 2.48. The van der Waals surface area contributed by atoms with Crippen LogP contribution in [0.4, 0.5) is 0 Å². The van der Waals surface area contributed by atoms with E-state index in [1.165, 1.54) is 12.1 Å². The minimum atomic E-state index is 0.323. The zero-order valence-corrected chi connectivity index (χ0v) is 13.6. The molecule has 110 valence electrons. The van der Waals surface area contributed by atoms with Crippen LogP contribution in [0.25, 0.3) is 0 Å². The SMILES string of the molecule is CCn1nc(C)cc1CC(C)(C)CCNCC(C)C. The van der Waals surface area contributed by atoms with Crippen LogP contribution < -0.4 is 5.32 Å². The lowest BCUT2D eigenvalue weighted by molar-refractivity contribution is 0.313. The fourth-order valence-electron chi connectivity index (χ4n) is 2.41. The van der Waals surface area contributed by atoms with Gasteiger partial charge in [-0.15, -0.1) is 0 Å². The first-order valence-corrected chi connectivity index (χ1v) is 7.58. The predicted octanol–water partition coefficient (Wildman–Crippen LogP) is 3.42. The summed E-state index contributed by atoms with van der Waals surface area (Å²) in [5.41, 5.74) is 2.82. The van der Waals surface area contributed by atoms with Crippen LogP contribution >= 0.6 is 0 Å². The van der Waals surface area contributed by atoms with Crippen molar-refractivity contribution in [2.75, 3.05) is 13.1 Å². The van der Waals surface area contributed by atoms with Crippen molar-refractivity contribution in [2.45, 2.75) is 60.9 Å². The number of aryl methyl sites for hydroxylation is 2. The van der Waals surface area contributed by atoms with Crippen molar-refractivity contribution in [3.05, 3.63) is 17.5 Å². The molecular weight excluding hydrogens is 234 g/mol. The van der Waals surface area contributed by atoms with E-state index in [1.807, 2.05) is 0 Å². The third-order valence-electron chi connectivity index (χ3n) is 3.48. The molecule has 0 saturated heterocycles. The Morgan fingerprint density at radius 3 is 2.63 bits per heavy atom. The van der Waals surface area contributed by atoms with Crippen LogP contribution in [-0.4, -0.2) is 22.9 Å².